The Morgan fingerprint density at radius 1 is 1.00 bits per heavy atom. The Kier molecular flexibility index (Phi) is 4.51. The molecule has 0 heterocycles. The van der Waals surface area contributed by atoms with Gasteiger partial charge in [-0.2, -0.15) is 0 Å². The number of carbonyl (C=O) groups excluding carboxylic acids is 1. The van der Waals surface area contributed by atoms with Crippen molar-refractivity contribution in [2.75, 3.05) is 5.32 Å². The molecule has 0 saturated heterocycles. The highest BCUT2D eigenvalue weighted by Gasteiger charge is 2.05. The van der Waals surface area contributed by atoms with E-state index in [2.05, 4.69) is 11.9 Å². The number of hydrogen-bond acceptors (Lipinski definition) is 1. The standard InChI is InChI=1S/C18H17NO/c1-3-15-9-7-8-10-16(15)13-14(2)18(20)19-17-11-5-4-6-12-17/h3-13H,1H2,2H3,(H,19,20)/b14-13+. The van der Waals surface area contributed by atoms with Gasteiger partial charge in [-0.05, 0) is 36.3 Å². The van der Waals surface area contributed by atoms with Crippen LogP contribution in [0.4, 0.5) is 5.69 Å². The fourth-order valence-electron chi connectivity index (χ4n) is 1.88. The lowest BCUT2D eigenvalue weighted by molar-refractivity contribution is -0.112. The van der Waals surface area contributed by atoms with E-state index in [4.69, 9.17) is 0 Å². The van der Waals surface area contributed by atoms with Crippen molar-refractivity contribution in [1.29, 1.82) is 0 Å². The molecule has 0 aliphatic rings. The van der Waals surface area contributed by atoms with Gasteiger partial charge in [0.1, 0.15) is 0 Å². The highest BCUT2D eigenvalue weighted by atomic mass is 16.1. The summed E-state index contributed by atoms with van der Waals surface area (Å²) in [7, 11) is 0. The van der Waals surface area contributed by atoms with Crippen molar-refractivity contribution in [1.82, 2.24) is 0 Å². The van der Waals surface area contributed by atoms with Crippen molar-refractivity contribution >= 4 is 23.7 Å². The lowest BCUT2D eigenvalue weighted by atomic mass is 10.0. The van der Waals surface area contributed by atoms with E-state index in [1.807, 2.05) is 60.7 Å². The predicted molar refractivity (Wildman–Crippen MR) is 85.3 cm³/mol. The maximum atomic E-state index is 12.1. The Morgan fingerprint density at radius 2 is 1.60 bits per heavy atom. The van der Waals surface area contributed by atoms with Crippen LogP contribution in [0.1, 0.15) is 18.1 Å². The maximum Gasteiger partial charge on any atom is 0.251 e. The van der Waals surface area contributed by atoms with E-state index >= 15 is 0 Å². The van der Waals surface area contributed by atoms with Crippen LogP contribution in [0.25, 0.3) is 12.2 Å². The number of carbonyl (C=O) groups is 1. The summed E-state index contributed by atoms with van der Waals surface area (Å²) in [6.45, 7) is 5.59. The van der Waals surface area contributed by atoms with E-state index in [9.17, 15) is 4.79 Å². The topological polar surface area (TPSA) is 29.1 Å². The fraction of sp³-hybridized carbons (Fsp3) is 0.0556. The molecule has 0 spiro atoms. The first-order valence-corrected chi connectivity index (χ1v) is 6.47. The van der Waals surface area contributed by atoms with Crippen molar-refractivity contribution < 1.29 is 4.79 Å². The Hall–Kier alpha value is -2.61. The van der Waals surface area contributed by atoms with Gasteiger partial charge in [0.15, 0.2) is 0 Å². The van der Waals surface area contributed by atoms with Crippen molar-refractivity contribution in [2.24, 2.45) is 0 Å². The first-order chi connectivity index (χ1) is 9.70. The Labute approximate surface area is 119 Å². The second-order valence-electron chi connectivity index (χ2n) is 4.48. The number of hydrogen-bond donors (Lipinski definition) is 1. The zero-order valence-corrected chi connectivity index (χ0v) is 11.5. The van der Waals surface area contributed by atoms with Gasteiger partial charge in [0.2, 0.25) is 0 Å². The minimum absolute atomic E-state index is 0.102. The van der Waals surface area contributed by atoms with Crippen molar-refractivity contribution in [3.05, 3.63) is 77.9 Å². The zero-order valence-electron chi connectivity index (χ0n) is 11.5. The molecule has 20 heavy (non-hydrogen) atoms. The quantitative estimate of drug-likeness (QED) is 0.815. The summed E-state index contributed by atoms with van der Waals surface area (Å²) in [5, 5.41) is 2.87. The molecule has 0 aromatic heterocycles. The van der Waals surface area contributed by atoms with E-state index < -0.39 is 0 Å². The van der Waals surface area contributed by atoms with Gasteiger partial charge in [0.05, 0.1) is 0 Å². The van der Waals surface area contributed by atoms with Crippen LogP contribution in [-0.2, 0) is 4.79 Å². The van der Waals surface area contributed by atoms with Gasteiger partial charge in [0.25, 0.3) is 5.91 Å². The molecule has 0 radical (unpaired) electrons. The second-order valence-corrected chi connectivity index (χ2v) is 4.48. The number of anilines is 1. The number of amides is 1. The van der Waals surface area contributed by atoms with E-state index in [0.717, 1.165) is 16.8 Å². The van der Waals surface area contributed by atoms with Crippen LogP contribution < -0.4 is 5.32 Å². The van der Waals surface area contributed by atoms with E-state index in [1.165, 1.54) is 0 Å². The predicted octanol–water partition coefficient (Wildman–Crippen LogP) is 4.37. The molecular weight excluding hydrogens is 246 g/mol. The van der Waals surface area contributed by atoms with Crippen LogP contribution in [0.2, 0.25) is 0 Å². The molecular formula is C18H17NO. The highest BCUT2D eigenvalue weighted by molar-refractivity contribution is 6.06. The van der Waals surface area contributed by atoms with Gasteiger partial charge < -0.3 is 5.32 Å². The van der Waals surface area contributed by atoms with Crippen molar-refractivity contribution in [2.45, 2.75) is 6.92 Å². The van der Waals surface area contributed by atoms with Crippen LogP contribution in [0.5, 0.6) is 0 Å². The molecule has 0 bridgehead atoms. The Bertz CT molecular complexity index is 641. The summed E-state index contributed by atoms with van der Waals surface area (Å²) in [6, 6.07) is 17.3. The molecule has 0 aliphatic heterocycles. The summed E-state index contributed by atoms with van der Waals surface area (Å²) < 4.78 is 0. The summed E-state index contributed by atoms with van der Waals surface area (Å²) in [6.07, 6.45) is 3.66. The zero-order chi connectivity index (χ0) is 14.4. The van der Waals surface area contributed by atoms with Crippen LogP contribution in [0.15, 0.2) is 66.7 Å². The van der Waals surface area contributed by atoms with Crippen molar-refractivity contribution in [3.63, 3.8) is 0 Å². The third-order valence-electron chi connectivity index (χ3n) is 2.98. The van der Waals surface area contributed by atoms with E-state index in [0.29, 0.717) is 5.57 Å². The Morgan fingerprint density at radius 3 is 2.25 bits per heavy atom. The summed E-state index contributed by atoms with van der Waals surface area (Å²) in [5.74, 6) is -0.102. The van der Waals surface area contributed by atoms with Gasteiger partial charge in [-0.3, -0.25) is 4.79 Å². The smallest absolute Gasteiger partial charge is 0.251 e. The Balaban J connectivity index is 2.18. The number of para-hydroxylation sites is 1. The molecule has 2 rings (SSSR count). The second kappa shape index (κ2) is 6.53. The molecule has 0 saturated carbocycles. The third-order valence-corrected chi connectivity index (χ3v) is 2.98. The van der Waals surface area contributed by atoms with Gasteiger partial charge in [-0.1, -0.05) is 55.1 Å². The van der Waals surface area contributed by atoms with E-state index in [-0.39, 0.29) is 5.91 Å². The SMILES string of the molecule is C=Cc1ccccc1/C=C(\C)C(=O)Nc1ccccc1. The molecule has 2 heteroatoms. The lowest BCUT2D eigenvalue weighted by Crippen LogP contribution is -2.12. The minimum atomic E-state index is -0.102. The molecule has 2 aromatic rings. The van der Waals surface area contributed by atoms with Gasteiger partial charge >= 0.3 is 0 Å². The molecule has 2 aromatic carbocycles. The van der Waals surface area contributed by atoms with Crippen LogP contribution in [0.3, 0.4) is 0 Å². The molecule has 1 N–H and O–H groups in total. The average molecular weight is 263 g/mol. The number of nitrogens with one attached hydrogen (secondary N) is 1. The number of benzene rings is 2. The maximum absolute atomic E-state index is 12.1. The van der Waals surface area contributed by atoms with Gasteiger partial charge in [-0.25, -0.2) is 0 Å². The summed E-state index contributed by atoms with van der Waals surface area (Å²) >= 11 is 0. The van der Waals surface area contributed by atoms with Crippen molar-refractivity contribution in [3.8, 4) is 0 Å². The molecule has 2 nitrogen and oxygen atoms in total. The first-order valence-electron chi connectivity index (χ1n) is 6.47. The molecule has 0 aliphatic carbocycles. The highest BCUT2D eigenvalue weighted by Crippen LogP contribution is 2.15. The largest absolute Gasteiger partial charge is 0.322 e. The monoisotopic (exact) mass is 263 g/mol. The average Bonchev–Trinajstić information content (AvgIpc) is 2.48. The first kappa shape index (κ1) is 13.8. The van der Waals surface area contributed by atoms with E-state index in [1.54, 1.807) is 13.0 Å². The molecule has 1 amide bonds. The summed E-state index contributed by atoms with van der Waals surface area (Å²) in [5.41, 5.74) is 3.45. The van der Waals surface area contributed by atoms with Gasteiger partial charge in [-0.15, -0.1) is 0 Å². The van der Waals surface area contributed by atoms with Crippen LogP contribution in [0, 0.1) is 0 Å². The molecule has 0 unspecified atom stereocenters. The molecule has 0 fully saturated rings. The third kappa shape index (κ3) is 3.45. The van der Waals surface area contributed by atoms with Crippen LogP contribution >= 0.6 is 0 Å². The normalized spacial score (nSPS) is 10.9. The summed E-state index contributed by atoms with van der Waals surface area (Å²) in [4.78, 5) is 12.1. The fourth-order valence-corrected chi connectivity index (χ4v) is 1.88. The minimum Gasteiger partial charge on any atom is -0.322 e. The number of rotatable bonds is 4. The molecule has 0 atom stereocenters. The van der Waals surface area contributed by atoms with Crippen LogP contribution in [-0.4, -0.2) is 5.91 Å². The van der Waals surface area contributed by atoms with Gasteiger partial charge in [0, 0.05) is 11.3 Å². The molecule has 100 valence electrons. The lowest BCUT2D eigenvalue weighted by Gasteiger charge is -2.06.